The second-order valence-corrected chi connectivity index (χ2v) is 6.97. The maximum Gasteiger partial charge on any atom is 0.269 e. The van der Waals surface area contributed by atoms with Gasteiger partial charge in [0.05, 0.1) is 0 Å². The number of H-pyrrole nitrogens is 1. The van der Waals surface area contributed by atoms with E-state index >= 15 is 0 Å². The van der Waals surface area contributed by atoms with E-state index in [-0.39, 0.29) is 11.8 Å². The van der Waals surface area contributed by atoms with Crippen molar-refractivity contribution < 1.29 is 9.59 Å². The zero-order valence-corrected chi connectivity index (χ0v) is 15.8. The first-order valence-electron chi connectivity index (χ1n) is 8.28. The lowest BCUT2D eigenvalue weighted by atomic mass is 10.1. The highest BCUT2D eigenvalue weighted by molar-refractivity contribution is 7.98. The minimum Gasteiger partial charge on any atom is -0.267 e. The fourth-order valence-electron chi connectivity index (χ4n) is 2.49. The van der Waals surface area contributed by atoms with E-state index in [1.807, 2.05) is 38.1 Å². The average Bonchev–Trinajstić information content (AvgIpc) is 3.18. The third-order valence-corrected chi connectivity index (χ3v) is 4.85. The van der Waals surface area contributed by atoms with Gasteiger partial charge in [-0.1, -0.05) is 41.6 Å². The van der Waals surface area contributed by atoms with Gasteiger partial charge in [0.2, 0.25) is 0 Å². The molecule has 0 spiro atoms. The summed E-state index contributed by atoms with van der Waals surface area (Å²) >= 11 is 1.52. The van der Waals surface area contributed by atoms with Crippen LogP contribution >= 0.6 is 11.8 Å². The highest BCUT2D eigenvalue weighted by Crippen LogP contribution is 2.18. The summed E-state index contributed by atoms with van der Waals surface area (Å²) in [6, 6.07) is 12.7. The van der Waals surface area contributed by atoms with Gasteiger partial charge in [-0.2, -0.15) is 5.10 Å². The molecule has 0 bridgehead atoms. The van der Waals surface area contributed by atoms with E-state index in [0.717, 1.165) is 21.8 Å². The summed E-state index contributed by atoms with van der Waals surface area (Å²) in [5.41, 5.74) is 8.87. The lowest BCUT2D eigenvalue weighted by Crippen LogP contribution is -2.41. The standard InChI is InChI=1S/C19H19N5O2S/c1-12-3-8-16(13(2)9-12)18(26)23-22-17(25)15-6-4-14(5-7-15)10-27-19-20-11-21-24-19/h3-9,11H,10H2,1-2H3,(H,22,25)(H,23,26)(H,20,21,24). The first-order chi connectivity index (χ1) is 13.0. The number of hydrazine groups is 1. The van der Waals surface area contributed by atoms with Gasteiger partial charge < -0.3 is 0 Å². The van der Waals surface area contributed by atoms with Crippen LogP contribution in [0.25, 0.3) is 0 Å². The Morgan fingerprint density at radius 3 is 2.44 bits per heavy atom. The maximum absolute atomic E-state index is 12.2. The molecule has 3 N–H and O–H groups in total. The number of carbonyl (C=O) groups is 2. The van der Waals surface area contributed by atoms with Crippen LogP contribution in [-0.2, 0) is 5.75 Å². The van der Waals surface area contributed by atoms with Crippen LogP contribution in [0.2, 0.25) is 0 Å². The molecule has 0 saturated carbocycles. The number of aryl methyl sites for hydroxylation is 2. The number of amides is 2. The number of aromatic nitrogens is 3. The zero-order chi connectivity index (χ0) is 19.2. The highest BCUT2D eigenvalue weighted by atomic mass is 32.2. The summed E-state index contributed by atoms with van der Waals surface area (Å²) in [5, 5.41) is 7.32. The van der Waals surface area contributed by atoms with Crippen LogP contribution in [0.15, 0.2) is 53.9 Å². The Kier molecular flexibility index (Phi) is 5.87. The summed E-state index contributed by atoms with van der Waals surface area (Å²) in [6.07, 6.45) is 1.46. The molecule has 0 fully saturated rings. The number of nitrogens with zero attached hydrogens (tertiary/aromatic N) is 2. The highest BCUT2D eigenvalue weighted by Gasteiger charge is 2.11. The molecule has 2 amide bonds. The number of nitrogens with one attached hydrogen (secondary N) is 3. The largest absolute Gasteiger partial charge is 0.269 e. The van der Waals surface area contributed by atoms with Crippen molar-refractivity contribution in [1.82, 2.24) is 26.0 Å². The molecule has 0 aliphatic rings. The molecule has 0 saturated heterocycles. The fraction of sp³-hybridized carbons (Fsp3) is 0.158. The molecule has 0 unspecified atom stereocenters. The number of carbonyl (C=O) groups excluding carboxylic acids is 2. The molecule has 1 aromatic heterocycles. The van der Waals surface area contributed by atoms with Gasteiger partial charge in [0.1, 0.15) is 6.33 Å². The molecule has 1 heterocycles. The minimum absolute atomic E-state index is 0.346. The van der Waals surface area contributed by atoms with Crippen LogP contribution in [0.3, 0.4) is 0 Å². The molecular formula is C19H19N5O2S. The van der Waals surface area contributed by atoms with Crippen molar-refractivity contribution in [2.24, 2.45) is 0 Å². The van der Waals surface area contributed by atoms with E-state index in [1.54, 1.807) is 18.2 Å². The van der Waals surface area contributed by atoms with Crippen LogP contribution in [0.4, 0.5) is 0 Å². The Hall–Kier alpha value is -3.13. The van der Waals surface area contributed by atoms with Crippen LogP contribution < -0.4 is 10.9 Å². The number of rotatable bonds is 5. The lowest BCUT2D eigenvalue weighted by molar-refractivity contribution is 0.0846. The normalized spacial score (nSPS) is 10.4. The SMILES string of the molecule is Cc1ccc(C(=O)NNC(=O)c2ccc(CSc3ncn[nH]3)cc2)c(C)c1. The first-order valence-corrected chi connectivity index (χ1v) is 9.26. The monoisotopic (exact) mass is 381 g/mol. The average molecular weight is 381 g/mol. The number of hydrogen-bond acceptors (Lipinski definition) is 5. The summed E-state index contributed by atoms with van der Waals surface area (Å²) in [5.74, 6) is -0.0101. The summed E-state index contributed by atoms with van der Waals surface area (Å²) < 4.78 is 0. The number of hydrogen-bond donors (Lipinski definition) is 3. The van der Waals surface area contributed by atoms with Gasteiger partial charge in [-0.05, 0) is 43.2 Å². The van der Waals surface area contributed by atoms with Gasteiger partial charge in [-0.15, -0.1) is 0 Å². The number of benzene rings is 2. The van der Waals surface area contributed by atoms with Crippen LogP contribution in [-0.4, -0.2) is 27.0 Å². The van der Waals surface area contributed by atoms with Crippen molar-refractivity contribution in [1.29, 1.82) is 0 Å². The van der Waals surface area contributed by atoms with Gasteiger partial charge in [-0.3, -0.25) is 25.5 Å². The Labute approximate surface area is 161 Å². The fourth-order valence-corrected chi connectivity index (χ4v) is 3.22. The molecule has 3 rings (SSSR count). The minimum atomic E-state index is -0.373. The lowest BCUT2D eigenvalue weighted by Gasteiger charge is -2.10. The van der Waals surface area contributed by atoms with Gasteiger partial charge in [0, 0.05) is 16.9 Å². The Bertz CT molecular complexity index is 939. The predicted molar refractivity (Wildman–Crippen MR) is 103 cm³/mol. The molecular weight excluding hydrogens is 362 g/mol. The van der Waals surface area contributed by atoms with Gasteiger partial charge in [0.15, 0.2) is 5.16 Å². The van der Waals surface area contributed by atoms with Crippen LogP contribution in [0.1, 0.15) is 37.4 Å². The van der Waals surface area contributed by atoms with Gasteiger partial charge in [-0.25, -0.2) is 4.98 Å². The second-order valence-electron chi connectivity index (χ2n) is 6.00. The van der Waals surface area contributed by atoms with Crippen molar-refractivity contribution in [3.05, 3.63) is 76.6 Å². The van der Waals surface area contributed by atoms with Crippen molar-refractivity contribution >= 4 is 23.6 Å². The molecule has 2 aromatic carbocycles. The van der Waals surface area contributed by atoms with Crippen molar-refractivity contribution in [2.75, 3.05) is 0 Å². The molecule has 7 nitrogen and oxygen atoms in total. The third-order valence-electron chi connectivity index (χ3n) is 3.90. The molecule has 0 atom stereocenters. The molecule has 0 aliphatic heterocycles. The molecule has 0 radical (unpaired) electrons. The van der Waals surface area contributed by atoms with Crippen LogP contribution in [0.5, 0.6) is 0 Å². The molecule has 27 heavy (non-hydrogen) atoms. The first kappa shape index (κ1) is 18.7. The molecule has 0 aliphatic carbocycles. The Morgan fingerprint density at radius 1 is 1.04 bits per heavy atom. The van der Waals surface area contributed by atoms with Crippen LogP contribution in [0, 0.1) is 13.8 Å². The van der Waals surface area contributed by atoms with E-state index in [2.05, 4.69) is 26.0 Å². The van der Waals surface area contributed by atoms with E-state index in [1.165, 1.54) is 18.1 Å². The van der Waals surface area contributed by atoms with E-state index in [0.29, 0.717) is 16.9 Å². The van der Waals surface area contributed by atoms with Crippen molar-refractivity contribution in [3.8, 4) is 0 Å². The van der Waals surface area contributed by atoms with Crippen molar-refractivity contribution in [2.45, 2.75) is 24.8 Å². The van der Waals surface area contributed by atoms with Gasteiger partial charge >= 0.3 is 0 Å². The third kappa shape index (κ3) is 4.95. The Balaban J connectivity index is 1.53. The van der Waals surface area contributed by atoms with E-state index in [4.69, 9.17) is 0 Å². The summed E-state index contributed by atoms with van der Waals surface area (Å²) in [6.45, 7) is 3.82. The topological polar surface area (TPSA) is 99.8 Å². The quantitative estimate of drug-likeness (QED) is 0.466. The molecule has 8 heteroatoms. The molecule has 138 valence electrons. The van der Waals surface area contributed by atoms with E-state index < -0.39 is 0 Å². The Morgan fingerprint density at radius 2 is 1.78 bits per heavy atom. The summed E-state index contributed by atoms with van der Waals surface area (Å²) in [7, 11) is 0. The summed E-state index contributed by atoms with van der Waals surface area (Å²) in [4.78, 5) is 28.5. The smallest absolute Gasteiger partial charge is 0.267 e. The maximum atomic E-state index is 12.2. The van der Waals surface area contributed by atoms with Gasteiger partial charge in [0.25, 0.3) is 11.8 Å². The van der Waals surface area contributed by atoms with Crippen molar-refractivity contribution in [3.63, 3.8) is 0 Å². The van der Waals surface area contributed by atoms with E-state index in [9.17, 15) is 9.59 Å². The predicted octanol–water partition coefficient (Wildman–Crippen LogP) is 2.79. The molecule has 3 aromatic rings. The number of thioether (sulfide) groups is 1. The number of aromatic amines is 1. The zero-order valence-electron chi connectivity index (χ0n) is 14.9. The second kappa shape index (κ2) is 8.50.